The molecule has 1 aliphatic rings. The Labute approximate surface area is 108 Å². The summed E-state index contributed by atoms with van der Waals surface area (Å²) in [6.07, 6.45) is 2.96. The molecular weight excluding hydrogens is 240 g/mol. The summed E-state index contributed by atoms with van der Waals surface area (Å²) >= 11 is 0. The van der Waals surface area contributed by atoms with Crippen LogP contribution in [-0.4, -0.2) is 38.9 Å². The molecule has 108 valence electrons. The first-order valence-electron chi connectivity index (χ1n) is 6.73. The summed E-state index contributed by atoms with van der Waals surface area (Å²) in [5, 5.41) is 0. The molecule has 0 bridgehead atoms. The molecule has 0 aromatic carbocycles. The van der Waals surface area contributed by atoms with E-state index in [4.69, 9.17) is 15.2 Å². The van der Waals surface area contributed by atoms with E-state index in [1.165, 1.54) is 0 Å². The van der Waals surface area contributed by atoms with Crippen molar-refractivity contribution in [3.8, 4) is 0 Å². The van der Waals surface area contributed by atoms with Crippen molar-refractivity contribution >= 4 is 0 Å². The van der Waals surface area contributed by atoms with Crippen molar-refractivity contribution in [1.82, 2.24) is 0 Å². The Bertz CT molecular complexity index is 227. The van der Waals surface area contributed by atoms with E-state index < -0.39 is 5.92 Å². The minimum Gasteiger partial charge on any atom is -0.382 e. The van der Waals surface area contributed by atoms with Gasteiger partial charge in [0.2, 0.25) is 5.92 Å². The van der Waals surface area contributed by atoms with Gasteiger partial charge >= 0.3 is 0 Å². The Hall–Kier alpha value is -0.260. The predicted octanol–water partition coefficient (Wildman–Crippen LogP) is 2.58. The normalized spacial score (nSPS) is 25.0. The fraction of sp³-hybridized carbons (Fsp3) is 1.00. The lowest BCUT2D eigenvalue weighted by molar-refractivity contribution is -0.0546. The molecule has 2 atom stereocenters. The third kappa shape index (κ3) is 6.61. The van der Waals surface area contributed by atoms with E-state index in [0.29, 0.717) is 32.7 Å². The van der Waals surface area contributed by atoms with Crippen LogP contribution in [0.2, 0.25) is 0 Å². The fourth-order valence-corrected chi connectivity index (χ4v) is 2.50. The molecule has 5 heteroatoms. The molecule has 2 unspecified atom stereocenters. The van der Waals surface area contributed by atoms with E-state index in [1.807, 2.05) is 0 Å². The molecule has 0 radical (unpaired) electrons. The summed E-state index contributed by atoms with van der Waals surface area (Å²) in [6, 6.07) is -0.0357. The van der Waals surface area contributed by atoms with Crippen LogP contribution in [-0.2, 0) is 9.47 Å². The zero-order chi connectivity index (χ0) is 13.4. The van der Waals surface area contributed by atoms with E-state index in [-0.39, 0.29) is 24.8 Å². The lowest BCUT2D eigenvalue weighted by atomic mass is 9.82. The van der Waals surface area contributed by atoms with Crippen LogP contribution < -0.4 is 5.73 Å². The van der Waals surface area contributed by atoms with Crippen molar-refractivity contribution in [3.05, 3.63) is 0 Å². The van der Waals surface area contributed by atoms with Gasteiger partial charge in [0.25, 0.3) is 0 Å². The molecule has 18 heavy (non-hydrogen) atoms. The Balaban J connectivity index is 2.10. The maximum atomic E-state index is 13.2. The molecule has 0 aromatic rings. The van der Waals surface area contributed by atoms with Gasteiger partial charge in [-0.2, -0.15) is 0 Å². The summed E-state index contributed by atoms with van der Waals surface area (Å²) in [4.78, 5) is 0. The molecule has 0 aliphatic heterocycles. The molecule has 0 heterocycles. The van der Waals surface area contributed by atoms with Gasteiger partial charge in [-0.05, 0) is 31.6 Å². The Kier molecular flexibility index (Phi) is 7.04. The maximum absolute atomic E-state index is 13.2. The molecule has 1 saturated carbocycles. The lowest BCUT2D eigenvalue weighted by Crippen LogP contribution is -2.31. The van der Waals surface area contributed by atoms with Crippen molar-refractivity contribution in [2.45, 2.75) is 50.5 Å². The largest absolute Gasteiger partial charge is 0.382 e. The van der Waals surface area contributed by atoms with Crippen LogP contribution in [0.4, 0.5) is 8.78 Å². The number of rotatable bonds is 8. The lowest BCUT2D eigenvalue weighted by Gasteiger charge is -2.30. The zero-order valence-electron chi connectivity index (χ0n) is 11.2. The highest BCUT2D eigenvalue weighted by atomic mass is 19.3. The van der Waals surface area contributed by atoms with Gasteiger partial charge in [-0.3, -0.25) is 0 Å². The Morgan fingerprint density at radius 3 is 2.78 bits per heavy atom. The molecule has 2 N–H and O–H groups in total. The van der Waals surface area contributed by atoms with Crippen LogP contribution >= 0.6 is 0 Å². The maximum Gasteiger partial charge on any atom is 0.248 e. The topological polar surface area (TPSA) is 44.5 Å². The third-order valence-corrected chi connectivity index (χ3v) is 3.44. The summed E-state index contributed by atoms with van der Waals surface area (Å²) in [5.74, 6) is -2.40. The first-order chi connectivity index (χ1) is 8.53. The van der Waals surface area contributed by atoms with Crippen LogP contribution in [0.25, 0.3) is 0 Å². The number of ether oxygens (including phenoxy) is 2. The second-order valence-electron chi connectivity index (χ2n) is 5.21. The standard InChI is InChI=1S/C13H25F2NO2/c1-17-7-8-18-6-4-12(16)9-11-3-2-5-13(14,15)10-11/h11-12H,2-10,16H2,1H3. The molecule has 0 aromatic heterocycles. The average Bonchev–Trinajstić information content (AvgIpc) is 2.27. The predicted molar refractivity (Wildman–Crippen MR) is 66.8 cm³/mol. The van der Waals surface area contributed by atoms with E-state index in [9.17, 15) is 8.78 Å². The highest BCUT2D eigenvalue weighted by Gasteiger charge is 2.36. The van der Waals surface area contributed by atoms with Gasteiger partial charge < -0.3 is 15.2 Å². The first-order valence-corrected chi connectivity index (χ1v) is 6.73. The molecule has 0 saturated heterocycles. The molecule has 1 rings (SSSR count). The van der Waals surface area contributed by atoms with Crippen molar-refractivity contribution < 1.29 is 18.3 Å². The summed E-state index contributed by atoms with van der Waals surface area (Å²) in [7, 11) is 1.62. The van der Waals surface area contributed by atoms with Crippen molar-refractivity contribution in [3.63, 3.8) is 0 Å². The first kappa shape index (κ1) is 15.8. The molecular formula is C13H25F2NO2. The smallest absolute Gasteiger partial charge is 0.248 e. The van der Waals surface area contributed by atoms with Crippen LogP contribution in [0.5, 0.6) is 0 Å². The minimum absolute atomic E-state index is 0.00519. The van der Waals surface area contributed by atoms with Crippen molar-refractivity contribution in [2.75, 3.05) is 26.9 Å². The van der Waals surface area contributed by atoms with Gasteiger partial charge in [0.1, 0.15) is 0 Å². The number of hydrogen-bond donors (Lipinski definition) is 1. The second-order valence-corrected chi connectivity index (χ2v) is 5.21. The van der Waals surface area contributed by atoms with Gasteiger partial charge in [-0.1, -0.05) is 0 Å². The van der Waals surface area contributed by atoms with E-state index in [1.54, 1.807) is 7.11 Å². The Morgan fingerprint density at radius 2 is 2.11 bits per heavy atom. The van der Waals surface area contributed by atoms with Crippen molar-refractivity contribution in [1.29, 1.82) is 0 Å². The molecule has 1 aliphatic carbocycles. The highest BCUT2D eigenvalue weighted by molar-refractivity contribution is 4.80. The van der Waals surface area contributed by atoms with Gasteiger partial charge in [0.05, 0.1) is 13.2 Å². The van der Waals surface area contributed by atoms with Crippen molar-refractivity contribution in [2.24, 2.45) is 11.7 Å². The number of methoxy groups -OCH3 is 1. The van der Waals surface area contributed by atoms with Crippen LogP contribution in [0.3, 0.4) is 0 Å². The molecule has 0 amide bonds. The zero-order valence-corrected chi connectivity index (χ0v) is 11.2. The van der Waals surface area contributed by atoms with Crippen LogP contribution in [0.15, 0.2) is 0 Å². The number of halogens is 2. The van der Waals surface area contributed by atoms with E-state index in [0.717, 1.165) is 12.8 Å². The SMILES string of the molecule is COCCOCCC(N)CC1CCCC(F)(F)C1. The van der Waals surface area contributed by atoms with Crippen LogP contribution in [0.1, 0.15) is 38.5 Å². The summed E-state index contributed by atoms with van der Waals surface area (Å²) < 4.78 is 36.6. The minimum atomic E-state index is -2.47. The number of hydrogen-bond acceptors (Lipinski definition) is 3. The number of alkyl halides is 2. The monoisotopic (exact) mass is 265 g/mol. The summed E-state index contributed by atoms with van der Waals surface area (Å²) in [6.45, 7) is 1.71. The summed E-state index contributed by atoms with van der Waals surface area (Å²) in [5.41, 5.74) is 5.95. The number of nitrogens with two attached hydrogens (primary N) is 1. The average molecular weight is 265 g/mol. The molecule has 0 spiro atoms. The fourth-order valence-electron chi connectivity index (χ4n) is 2.50. The second kappa shape index (κ2) is 8.02. The third-order valence-electron chi connectivity index (χ3n) is 3.44. The quantitative estimate of drug-likeness (QED) is 0.686. The Morgan fingerprint density at radius 1 is 1.33 bits per heavy atom. The van der Waals surface area contributed by atoms with Crippen LogP contribution in [0, 0.1) is 5.92 Å². The van der Waals surface area contributed by atoms with Gasteiger partial charge in [-0.15, -0.1) is 0 Å². The van der Waals surface area contributed by atoms with Gasteiger partial charge in [0.15, 0.2) is 0 Å². The van der Waals surface area contributed by atoms with Gasteiger partial charge in [0, 0.05) is 32.6 Å². The molecule has 1 fully saturated rings. The van der Waals surface area contributed by atoms with E-state index >= 15 is 0 Å². The highest BCUT2D eigenvalue weighted by Crippen LogP contribution is 2.38. The van der Waals surface area contributed by atoms with Gasteiger partial charge in [-0.25, -0.2) is 8.78 Å². The van der Waals surface area contributed by atoms with E-state index in [2.05, 4.69) is 0 Å². The molecule has 3 nitrogen and oxygen atoms in total.